The second-order valence-corrected chi connectivity index (χ2v) is 5.90. The van der Waals surface area contributed by atoms with Crippen LogP contribution in [-0.4, -0.2) is 15.7 Å². The van der Waals surface area contributed by atoms with Gasteiger partial charge in [-0.1, -0.05) is 30.3 Å². The Morgan fingerprint density at radius 2 is 2.10 bits per heavy atom. The number of nitrogens with one attached hydrogen (secondary N) is 1. The summed E-state index contributed by atoms with van der Waals surface area (Å²) in [6.07, 6.45) is 2.79. The molecule has 1 amide bonds. The number of carbonyl (C=O) groups is 1. The standard InChI is InChI=1S/C17H21N3O/c1-11(16-10-18-20(3)12(16)2)19-17(21)15-9-14(15)13-7-5-4-6-8-13/h4-8,10-11,14-15H,9H2,1-3H3,(H,19,21). The van der Waals surface area contributed by atoms with Crippen LogP contribution in [-0.2, 0) is 11.8 Å². The summed E-state index contributed by atoms with van der Waals surface area (Å²) in [5.41, 5.74) is 3.45. The molecule has 2 aromatic rings. The number of rotatable bonds is 4. The highest BCUT2D eigenvalue weighted by molar-refractivity contribution is 5.83. The van der Waals surface area contributed by atoms with Gasteiger partial charge in [0.2, 0.25) is 5.91 Å². The van der Waals surface area contributed by atoms with E-state index in [2.05, 4.69) is 22.5 Å². The van der Waals surface area contributed by atoms with Crippen LogP contribution in [0.3, 0.4) is 0 Å². The molecule has 1 aliphatic rings. The number of hydrogen-bond donors (Lipinski definition) is 1. The van der Waals surface area contributed by atoms with Crippen molar-refractivity contribution in [2.45, 2.75) is 32.2 Å². The molecule has 0 aliphatic heterocycles. The van der Waals surface area contributed by atoms with E-state index in [0.29, 0.717) is 5.92 Å². The Bertz CT molecular complexity index is 647. The van der Waals surface area contributed by atoms with Crippen molar-refractivity contribution in [3.63, 3.8) is 0 Å². The van der Waals surface area contributed by atoms with Gasteiger partial charge in [-0.05, 0) is 31.7 Å². The third-order valence-corrected chi connectivity index (χ3v) is 4.45. The van der Waals surface area contributed by atoms with Gasteiger partial charge in [-0.3, -0.25) is 9.48 Å². The van der Waals surface area contributed by atoms with Crippen LogP contribution in [0.2, 0.25) is 0 Å². The summed E-state index contributed by atoms with van der Waals surface area (Å²) in [7, 11) is 1.92. The molecular formula is C17H21N3O. The van der Waals surface area contributed by atoms with E-state index in [4.69, 9.17) is 0 Å². The molecule has 1 aromatic heterocycles. The van der Waals surface area contributed by atoms with Crippen LogP contribution in [0, 0.1) is 12.8 Å². The summed E-state index contributed by atoms with van der Waals surface area (Å²) in [6.45, 7) is 4.04. The van der Waals surface area contributed by atoms with Crippen molar-refractivity contribution < 1.29 is 4.79 Å². The zero-order chi connectivity index (χ0) is 15.0. The molecule has 0 saturated heterocycles. The van der Waals surface area contributed by atoms with Gasteiger partial charge >= 0.3 is 0 Å². The fourth-order valence-corrected chi connectivity index (χ4v) is 2.89. The molecule has 1 aromatic carbocycles. The van der Waals surface area contributed by atoms with Gasteiger partial charge < -0.3 is 5.32 Å². The Labute approximate surface area is 125 Å². The lowest BCUT2D eigenvalue weighted by Gasteiger charge is -2.13. The Kier molecular flexibility index (Phi) is 3.53. The van der Waals surface area contributed by atoms with Gasteiger partial charge in [0.15, 0.2) is 0 Å². The molecular weight excluding hydrogens is 262 g/mol. The molecule has 0 bridgehead atoms. The van der Waals surface area contributed by atoms with E-state index in [1.54, 1.807) is 0 Å². The van der Waals surface area contributed by atoms with Crippen LogP contribution in [0.1, 0.15) is 42.1 Å². The number of hydrogen-bond acceptors (Lipinski definition) is 2. The molecule has 4 nitrogen and oxygen atoms in total. The topological polar surface area (TPSA) is 46.9 Å². The molecule has 1 saturated carbocycles. The molecule has 4 heteroatoms. The van der Waals surface area contributed by atoms with Gasteiger partial charge in [-0.2, -0.15) is 5.10 Å². The maximum atomic E-state index is 12.4. The lowest BCUT2D eigenvalue weighted by Crippen LogP contribution is -2.28. The molecule has 1 N–H and O–H groups in total. The third kappa shape index (κ3) is 2.71. The van der Waals surface area contributed by atoms with Crippen LogP contribution in [0.25, 0.3) is 0 Å². The van der Waals surface area contributed by atoms with E-state index < -0.39 is 0 Å². The largest absolute Gasteiger partial charge is 0.349 e. The van der Waals surface area contributed by atoms with Gasteiger partial charge in [-0.15, -0.1) is 0 Å². The van der Waals surface area contributed by atoms with E-state index >= 15 is 0 Å². The zero-order valence-corrected chi connectivity index (χ0v) is 12.7. The summed E-state index contributed by atoms with van der Waals surface area (Å²) in [5, 5.41) is 7.35. The highest BCUT2D eigenvalue weighted by Gasteiger charge is 2.44. The number of amides is 1. The fourth-order valence-electron chi connectivity index (χ4n) is 2.89. The van der Waals surface area contributed by atoms with Crippen molar-refractivity contribution in [3.8, 4) is 0 Å². The number of benzene rings is 1. The smallest absolute Gasteiger partial charge is 0.224 e. The number of nitrogens with zero attached hydrogens (tertiary/aromatic N) is 2. The second kappa shape index (κ2) is 5.35. The van der Waals surface area contributed by atoms with Crippen molar-refractivity contribution in [3.05, 3.63) is 53.3 Å². The van der Waals surface area contributed by atoms with E-state index in [1.165, 1.54) is 5.56 Å². The average molecular weight is 283 g/mol. The fraction of sp³-hybridized carbons (Fsp3) is 0.412. The van der Waals surface area contributed by atoms with Crippen LogP contribution >= 0.6 is 0 Å². The Hall–Kier alpha value is -2.10. The monoisotopic (exact) mass is 283 g/mol. The Morgan fingerprint density at radius 3 is 2.71 bits per heavy atom. The van der Waals surface area contributed by atoms with Gasteiger partial charge in [0.05, 0.1) is 12.2 Å². The molecule has 0 radical (unpaired) electrons. The predicted molar refractivity (Wildman–Crippen MR) is 81.8 cm³/mol. The van der Waals surface area contributed by atoms with Gasteiger partial charge in [-0.25, -0.2) is 0 Å². The first-order valence-electron chi connectivity index (χ1n) is 7.41. The van der Waals surface area contributed by atoms with Crippen LogP contribution in [0.5, 0.6) is 0 Å². The van der Waals surface area contributed by atoms with Gasteiger partial charge in [0, 0.05) is 24.2 Å². The molecule has 3 atom stereocenters. The highest BCUT2D eigenvalue weighted by Crippen LogP contribution is 2.47. The maximum Gasteiger partial charge on any atom is 0.224 e. The van der Waals surface area contributed by atoms with E-state index in [-0.39, 0.29) is 17.9 Å². The molecule has 21 heavy (non-hydrogen) atoms. The minimum Gasteiger partial charge on any atom is -0.349 e. The maximum absolute atomic E-state index is 12.4. The lowest BCUT2D eigenvalue weighted by molar-refractivity contribution is -0.123. The number of carbonyl (C=O) groups excluding carboxylic acids is 1. The quantitative estimate of drug-likeness (QED) is 0.938. The zero-order valence-electron chi connectivity index (χ0n) is 12.7. The van der Waals surface area contributed by atoms with Crippen molar-refractivity contribution in [2.75, 3.05) is 0 Å². The van der Waals surface area contributed by atoms with E-state index in [0.717, 1.165) is 17.7 Å². The molecule has 0 spiro atoms. The van der Waals surface area contributed by atoms with E-state index in [1.807, 2.05) is 50.0 Å². The summed E-state index contributed by atoms with van der Waals surface area (Å²) in [4.78, 5) is 12.4. The van der Waals surface area contributed by atoms with Gasteiger partial charge in [0.25, 0.3) is 0 Å². The lowest BCUT2D eigenvalue weighted by atomic mass is 10.1. The van der Waals surface area contributed by atoms with Crippen LogP contribution in [0.4, 0.5) is 0 Å². The third-order valence-electron chi connectivity index (χ3n) is 4.45. The molecule has 1 heterocycles. The first-order chi connectivity index (χ1) is 10.1. The minimum atomic E-state index is 0.00298. The summed E-state index contributed by atoms with van der Waals surface area (Å²) in [6, 6.07) is 10.3. The average Bonchev–Trinajstić information content (AvgIpc) is 3.22. The van der Waals surface area contributed by atoms with Crippen molar-refractivity contribution in [2.24, 2.45) is 13.0 Å². The molecule has 110 valence electrons. The molecule has 1 aliphatic carbocycles. The van der Waals surface area contributed by atoms with Crippen LogP contribution in [0.15, 0.2) is 36.5 Å². The first-order valence-corrected chi connectivity index (χ1v) is 7.41. The van der Waals surface area contributed by atoms with Gasteiger partial charge in [0.1, 0.15) is 0 Å². The van der Waals surface area contributed by atoms with Crippen molar-refractivity contribution >= 4 is 5.91 Å². The normalized spacial score (nSPS) is 21.9. The van der Waals surface area contributed by atoms with Crippen LogP contribution < -0.4 is 5.32 Å². The number of aryl methyl sites for hydroxylation is 1. The summed E-state index contributed by atoms with van der Waals surface area (Å²) >= 11 is 0. The van der Waals surface area contributed by atoms with Crippen molar-refractivity contribution in [1.29, 1.82) is 0 Å². The van der Waals surface area contributed by atoms with E-state index in [9.17, 15) is 4.79 Å². The Morgan fingerprint density at radius 1 is 1.38 bits per heavy atom. The van der Waals surface area contributed by atoms with Crippen molar-refractivity contribution in [1.82, 2.24) is 15.1 Å². The predicted octanol–water partition coefficient (Wildman–Crippen LogP) is 2.71. The first kappa shape index (κ1) is 13.9. The molecule has 3 rings (SSSR count). The molecule has 3 unspecified atom stereocenters. The summed E-state index contributed by atoms with van der Waals surface area (Å²) in [5.74, 6) is 0.653. The second-order valence-electron chi connectivity index (χ2n) is 5.90. The SMILES string of the molecule is Cc1c(C(C)NC(=O)C2CC2c2ccccc2)cnn1C. The highest BCUT2D eigenvalue weighted by atomic mass is 16.2. The molecule has 1 fully saturated rings. The Balaban J connectivity index is 1.62. The minimum absolute atomic E-state index is 0.00298. The summed E-state index contributed by atoms with van der Waals surface area (Å²) < 4.78 is 1.84. The number of aromatic nitrogens is 2.